The minimum Gasteiger partial charge on any atom is -0.497 e. The number of rotatable bonds is 10. The number of nitrogens with zero attached hydrogens (tertiary/aromatic N) is 2. The molecule has 1 aromatic heterocycles. The Morgan fingerprint density at radius 1 is 0.969 bits per heavy atom. The van der Waals surface area contributed by atoms with Crippen molar-refractivity contribution in [2.75, 3.05) is 47.3 Å². The van der Waals surface area contributed by atoms with Gasteiger partial charge in [-0.1, -0.05) is 6.07 Å². The summed E-state index contributed by atoms with van der Waals surface area (Å²) in [5.41, 5.74) is 2.52. The normalized spacial score (nSPS) is 10.7. The van der Waals surface area contributed by atoms with Gasteiger partial charge in [0.2, 0.25) is 5.91 Å². The van der Waals surface area contributed by atoms with E-state index in [1.165, 1.54) is 11.3 Å². The lowest BCUT2D eigenvalue weighted by molar-refractivity contribution is -0.117. The third-order valence-corrected chi connectivity index (χ3v) is 5.54. The average Bonchev–Trinajstić information content (AvgIpc) is 3.26. The van der Waals surface area contributed by atoms with Crippen molar-refractivity contribution in [3.05, 3.63) is 47.3 Å². The maximum Gasteiger partial charge on any atom is 0.240 e. The van der Waals surface area contributed by atoms with E-state index in [2.05, 4.69) is 10.3 Å². The molecule has 0 aliphatic carbocycles. The number of amides is 1. The number of hydrogen-bond donors (Lipinski definition) is 1. The van der Waals surface area contributed by atoms with Crippen LogP contribution in [-0.4, -0.2) is 57.8 Å². The number of benzene rings is 2. The van der Waals surface area contributed by atoms with E-state index in [1.807, 2.05) is 47.7 Å². The third-order valence-electron chi connectivity index (χ3n) is 4.78. The number of hydrogen-bond acceptors (Lipinski definition) is 8. The van der Waals surface area contributed by atoms with Crippen molar-refractivity contribution in [2.24, 2.45) is 0 Å². The van der Waals surface area contributed by atoms with E-state index in [4.69, 9.17) is 18.9 Å². The number of carbonyl (C=O) groups is 1. The van der Waals surface area contributed by atoms with Crippen molar-refractivity contribution in [3.63, 3.8) is 0 Å². The molecule has 0 saturated carbocycles. The van der Waals surface area contributed by atoms with Gasteiger partial charge in [0.25, 0.3) is 0 Å². The Bertz CT molecular complexity index is 1070. The molecule has 0 aliphatic rings. The lowest BCUT2D eigenvalue weighted by atomic mass is 10.1. The lowest BCUT2D eigenvalue weighted by Crippen LogP contribution is -2.29. The molecule has 0 fully saturated rings. The highest BCUT2D eigenvalue weighted by atomic mass is 32.1. The van der Waals surface area contributed by atoms with Crippen LogP contribution in [0.25, 0.3) is 11.3 Å². The van der Waals surface area contributed by atoms with Gasteiger partial charge in [-0.3, -0.25) is 9.69 Å². The summed E-state index contributed by atoms with van der Waals surface area (Å²) in [5, 5.41) is 5.27. The molecule has 8 nitrogen and oxygen atoms in total. The highest BCUT2D eigenvalue weighted by Crippen LogP contribution is 2.34. The van der Waals surface area contributed by atoms with Crippen molar-refractivity contribution in [1.29, 1.82) is 0 Å². The Morgan fingerprint density at radius 3 is 2.28 bits per heavy atom. The number of nitrogens with one attached hydrogen (secondary N) is 1. The molecular weight excluding hydrogens is 430 g/mol. The highest BCUT2D eigenvalue weighted by Gasteiger charge is 2.15. The number of carbonyl (C=O) groups excluding carboxylic acids is 1. The van der Waals surface area contributed by atoms with E-state index < -0.39 is 0 Å². The standard InChI is InChI=1S/C23H27N3O5S/c1-26(12-15-6-7-16(28-2)10-20(15)30-4)13-22(27)25-23-24-19(14-32-23)18-9-8-17(29-3)11-21(18)31-5/h6-11,14H,12-13H2,1-5H3,(H,24,25,27). The summed E-state index contributed by atoms with van der Waals surface area (Å²) in [6.45, 7) is 0.753. The third kappa shape index (κ3) is 5.68. The first-order valence-corrected chi connectivity index (χ1v) is 10.7. The van der Waals surface area contributed by atoms with Crippen LogP contribution < -0.4 is 24.3 Å². The number of ether oxygens (including phenoxy) is 4. The molecule has 0 unspecified atom stereocenters. The Morgan fingerprint density at radius 2 is 1.62 bits per heavy atom. The molecule has 1 amide bonds. The quantitative estimate of drug-likeness (QED) is 0.494. The van der Waals surface area contributed by atoms with Crippen molar-refractivity contribution in [2.45, 2.75) is 6.54 Å². The Balaban J connectivity index is 1.62. The Kier molecular flexibility index (Phi) is 7.91. The number of methoxy groups -OCH3 is 4. The molecule has 3 aromatic rings. The van der Waals surface area contributed by atoms with Gasteiger partial charge in [-0.15, -0.1) is 11.3 Å². The van der Waals surface area contributed by atoms with E-state index >= 15 is 0 Å². The first kappa shape index (κ1) is 23.4. The second-order valence-corrected chi connectivity index (χ2v) is 7.86. The maximum atomic E-state index is 12.5. The molecule has 0 radical (unpaired) electrons. The molecule has 0 bridgehead atoms. The van der Waals surface area contributed by atoms with E-state index in [1.54, 1.807) is 34.5 Å². The summed E-state index contributed by atoms with van der Waals surface area (Å²) in [5.74, 6) is 2.64. The maximum absolute atomic E-state index is 12.5. The summed E-state index contributed by atoms with van der Waals surface area (Å²) < 4.78 is 21.3. The van der Waals surface area contributed by atoms with Crippen LogP contribution in [0.3, 0.4) is 0 Å². The predicted octanol–water partition coefficient (Wildman–Crippen LogP) is 3.92. The fourth-order valence-electron chi connectivity index (χ4n) is 3.20. The molecular formula is C23H27N3O5S. The molecule has 0 atom stereocenters. The van der Waals surface area contributed by atoms with Gasteiger partial charge in [0.15, 0.2) is 5.13 Å². The second kappa shape index (κ2) is 10.8. The van der Waals surface area contributed by atoms with Crippen molar-refractivity contribution < 1.29 is 23.7 Å². The SMILES string of the molecule is COc1ccc(CN(C)CC(=O)Nc2nc(-c3ccc(OC)cc3OC)cs2)c(OC)c1. The highest BCUT2D eigenvalue weighted by molar-refractivity contribution is 7.14. The van der Waals surface area contributed by atoms with Gasteiger partial charge in [0.05, 0.1) is 40.7 Å². The van der Waals surface area contributed by atoms with Crippen LogP contribution in [0, 0.1) is 0 Å². The molecule has 3 rings (SSSR count). The van der Waals surface area contributed by atoms with Crippen LogP contribution >= 0.6 is 11.3 Å². The molecule has 32 heavy (non-hydrogen) atoms. The summed E-state index contributed by atoms with van der Waals surface area (Å²) in [7, 11) is 8.30. The summed E-state index contributed by atoms with van der Waals surface area (Å²) in [6.07, 6.45) is 0. The molecule has 1 heterocycles. The Labute approximate surface area is 191 Å². The summed E-state index contributed by atoms with van der Waals surface area (Å²) in [6, 6.07) is 11.2. The van der Waals surface area contributed by atoms with Crippen LogP contribution in [0.15, 0.2) is 41.8 Å². The summed E-state index contributed by atoms with van der Waals surface area (Å²) >= 11 is 1.36. The van der Waals surface area contributed by atoms with Crippen molar-refractivity contribution in [3.8, 4) is 34.3 Å². The minimum absolute atomic E-state index is 0.150. The van der Waals surface area contributed by atoms with Gasteiger partial charge in [0.1, 0.15) is 23.0 Å². The largest absolute Gasteiger partial charge is 0.497 e. The van der Waals surface area contributed by atoms with Crippen molar-refractivity contribution in [1.82, 2.24) is 9.88 Å². The van der Waals surface area contributed by atoms with Crippen LogP contribution in [0.5, 0.6) is 23.0 Å². The van der Waals surface area contributed by atoms with Gasteiger partial charge in [0, 0.05) is 35.2 Å². The van der Waals surface area contributed by atoms with Crippen LogP contribution in [0.4, 0.5) is 5.13 Å². The summed E-state index contributed by atoms with van der Waals surface area (Å²) in [4.78, 5) is 19.0. The number of likely N-dealkylation sites (N-methyl/N-ethyl adjacent to an activating group) is 1. The monoisotopic (exact) mass is 457 g/mol. The molecule has 0 spiro atoms. The van der Waals surface area contributed by atoms with Crippen molar-refractivity contribution >= 4 is 22.4 Å². The number of thiazole rings is 1. The smallest absolute Gasteiger partial charge is 0.240 e. The van der Waals surface area contributed by atoms with E-state index in [0.717, 1.165) is 28.3 Å². The molecule has 170 valence electrons. The van der Waals surface area contributed by atoms with Crippen LogP contribution in [0.2, 0.25) is 0 Å². The molecule has 1 N–H and O–H groups in total. The van der Waals surface area contributed by atoms with Gasteiger partial charge in [-0.05, 0) is 25.2 Å². The minimum atomic E-state index is -0.150. The number of anilines is 1. The zero-order valence-corrected chi connectivity index (χ0v) is 19.6. The fraction of sp³-hybridized carbons (Fsp3) is 0.304. The van der Waals surface area contributed by atoms with E-state index in [0.29, 0.717) is 23.2 Å². The van der Waals surface area contributed by atoms with E-state index in [9.17, 15) is 4.79 Å². The molecule has 0 saturated heterocycles. The fourth-order valence-corrected chi connectivity index (χ4v) is 3.92. The van der Waals surface area contributed by atoms with Gasteiger partial charge >= 0.3 is 0 Å². The van der Waals surface area contributed by atoms with E-state index in [-0.39, 0.29) is 12.5 Å². The van der Waals surface area contributed by atoms with Gasteiger partial charge in [-0.2, -0.15) is 0 Å². The first-order valence-electron chi connectivity index (χ1n) is 9.84. The zero-order valence-electron chi connectivity index (χ0n) is 18.8. The molecule has 0 aliphatic heterocycles. The topological polar surface area (TPSA) is 82.2 Å². The van der Waals surface area contributed by atoms with Crippen LogP contribution in [0.1, 0.15) is 5.56 Å². The molecule has 9 heteroatoms. The second-order valence-electron chi connectivity index (χ2n) is 7.00. The first-order chi connectivity index (χ1) is 15.5. The van der Waals surface area contributed by atoms with Crippen LogP contribution in [-0.2, 0) is 11.3 Å². The lowest BCUT2D eigenvalue weighted by Gasteiger charge is -2.18. The van der Waals surface area contributed by atoms with Gasteiger partial charge in [-0.25, -0.2) is 4.98 Å². The predicted molar refractivity (Wildman–Crippen MR) is 125 cm³/mol. The molecule has 2 aromatic carbocycles. The number of aromatic nitrogens is 1. The Hall–Kier alpha value is -3.30. The zero-order chi connectivity index (χ0) is 23.1. The van der Waals surface area contributed by atoms with Gasteiger partial charge < -0.3 is 24.3 Å². The average molecular weight is 458 g/mol.